The molecule has 1 N–H and O–H groups in total. The fourth-order valence-electron chi connectivity index (χ4n) is 2.66. The molecule has 7 heteroatoms. The number of hydrogen-bond acceptors (Lipinski definition) is 3. The molecule has 0 aliphatic carbocycles. The van der Waals surface area contributed by atoms with Gasteiger partial charge >= 0.3 is 6.18 Å². The molecule has 4 nitrogen and oxygen atoms in total. The average Bonchev–Trinajstić information content (AvgIpc) is 2.53. The van der Waals surface area contributed by atoms with Gasteiger partial charge in [0, 0.05) is 5.56 Å². The van der Waals surface area contributed by atoms with E-state index in [2.05, 4.69) is 5.43 Å². The summed E-state index contributed by atoms with van der Waals surface area (Å²) < 4.78 is 44.8. The first-order valence-electron chi connectivity index (χ1n) is 7.70. The second-order valence-corrected chi connectivity index (χ2v) is 6.44. The molecule has 0 aromatic heterocycles. The molecule has 1 heterocycles. The molecular weight excluding hydrogens is 333 g/mol. The van der Waals surface area contributed by atoms with Crippen LogP contribution in [0.15, 0.2) is 48.5 Å². The third-order valence-corrected chi connectivity index (χ3v) is 3.77. The quantitative estimate of drug-likeness (QED) is 0.889. The number of ether oxygens (including phenoxy) is 1. The summed E-state index contributed by atoms with van der Waals surface area (Å²) >= 11 is 0. The second-order valence-electron chi connectivity index (χ2n) is 6.44. The first kappa shape index (κ1) is 17.1. The number of amides is 1. The molecule has 0 radical (unpaired) electrons. The summed E-state index contributed by atoms with van der Waals surface area (Å²) in [6, 6.07) is 11.7. The zero-order valence-electron chi connectivity index (χ0n) is 13.7. The number of halogens is 3. The molecular formula is C18H17F3N2O2. The van der Waals surface area contributed by atoms with E-state index in [1.165, 1.54) is 11.1 Å². The van der Waals surface area contributed by atoms with Crippen molar-refractivity contribution in [1.82, 2.24) is 5.43 Å². The molecule has 0 spiro atoms. The van der Waals surface area contributed by atoms with Crippen LogP contribution in [0.25, 0.3) is 0 Å². The van der Waals surface area contributed by atoms with Gasteiger partial charge in [-0.15, -0.1) is 0 Å². The summed E-state index contributed by atoms with van der Waals surface area (Å²) in [5.41, 5.74) is 1.80. The summed E-state index contributed by atoms with van der Waals surface area (Å²) in [4.78, 5) is 12.4. The maximum atomic E-state index is 13.0. The Balaban J connectivity index is 1.95. The number of carbonyl (C=O) groups is 1. The molecule has 0 unspecified atom stereocenters. The average molecular weight is 350 g/mol. The van der Waals surface area contributed by atoms with Crippen molar-refractivity contribution < 1.29 is 22.7 Å². The Hall–Kier alpha value is -2.70. The lowest BCUT2D eigenvalue weighted by molar-refractivity contribution is -0.137. The number of nitrogens with one attached hydrogen (secondary N) is 1. The van der Waals surface area contributed by atoms with Gasteiger partial charge in [0.25, 0.3) is 5.91 Å². The highest BCUT2D eigenvalue weighted by Crippen LogP contribution is 2.40. The Morgan fingerprint density at radius 1 is 1.16 bits per heavy atom. The smallest absolute Gasteiger partial charge is 0.416 e. The number of anilines is 1. The number of hydrogen-bond donors (Lipinski definition) is 1. The molecule has 0 saturated carbocycles. The minimum Gasteiger partial charge on any atom is -0.484 e. The Kier molecular flexibility index (Phi) is 4.10. The van der Waals surface area contributed by atoms with E-state index >= 15 is 0 Å². The van der Waals surface area contributed by atoms with Crippen LogP contribution in [0.5, 0.6) is 5.75 Å². The van der Waals surface area contributed by atoms with Gasteiger partial charge in [-0.3, -0.25) is 15.2 Å². The third kappa shape index (κ3) is 3.70. The molecule has 2 aromatic carbocycles. The number of alkyl halides is 3. The number of nitrogens with zero attached hydrogens (tertiary/aromatic N) is 1. The van der Waals surface area contributed by atoms with Crippen molar-refractivity contribution in [2.45, 2.75) is 25.6 Å². The SMILES string of the molecule is CC1(C)CN(NC(=O)c2ccccc2)c2cc(C(F)(F)F)ccc2O1. The van der Waals surface area contributed by atoms with Gasteiger partial charge in [-0.2, -0.15) is 13.2 Å². The molecule has 3 rings (SSSR count). The minimum absolute atomic E-state index is 0.179. The van der Waals surface area contributed by atoms with E-state index < -0.39 is 23.2 Å². The Bertz CT molecular complexity index is 789. The number of carbonyl (C=O) groups excluding carboxylic acids is 1. The zero-order chi connectivity index (χ0) is 18.2. The van der Waals surface area contributed by atoms with Crippen LogP contribution in [-0.4, -0.2) is 18.1 Å². The highest BCUT2D eigenvalue weighted by atomic mass is 19.4. The summed E-state index contributed by atoms with van der Waals surface area (Å²) in [6.07, 6.45) is -4.48. The fraction of sp³-hybridized carbons (Fsp3) is 0.278. The number of fused-ring (bicyclic) bond motifs is 1. The lowest BCUT2D eigenvalue weighted by Crippen LogP contribution is -2.54. The molecule has 0 fully saturated rings. The molecule has 0 atom stereocenters. The fourth-order valence-corrected chi connectivity index (χ4v) is 2.66. The second kappa shape index (κ2) is 5.98. The van der Waals surface area contributed by atoms with Gasteiger partial charge in [0.2, 0.25) is 0 Å². The normalized spacial score (nSPS) is 16.0. The van der Waals surface area contributed by atoms with Gasteiger partial charge in [-0.25, -0.2) is 0 Å². The zero-order valence-corrected chi connectivity index (χ0v) is 13.7. The van der Waals surface area contributed by atoms with Crippen molar-refractivity contribution in [2.75, 3.05) is 11.6 Å². The lowest BCUT2D eigenvalue weighted by atomic mass is 10.0. The molecule has 0 bridgehead atoms. The van der Waals surface area contributed by atoms with Crippen molar-refractivity contribution in [3.05, 3.63) is 59.7 Å². The van der Waals surface area contributed by atoms with E-state index in [-0.39, 0.29) is 18.0 Å². The Labute approximate surface area is 143 Å². The number of rotatable bonds is 2. The summed E-state index contributed by atoms with van der Waals surface area (Å²) in [6.45, 7) is 3.81. The van der Waals surface area contributed by atoms with Crippen LogP contribution in [0, 0.1) is 0 Å². The van der Waals surface area contributed by atoms with Crippen LogP contribution < -0.4 is 15.2 Å². The van der Waals surface area contributed by atoms with Gasteiger partial charge in [-0.1, -0.05) is 18.2 Å². The molecule has 0 saturated heterocycles. The van der Waals surface area contributed by atoms with Gasteiger partial charge in [0.1, 0.15) is 17.0 Å². The largest absolute Gasteiger partial charge is 0.484 e. The van der Waals surface area contributed by atoms with Crippen LogP contribution in [0.1, 0.15) is 29.8 Å². The van der Waals surface area contributed by atoms with Crippen LogP contribution in [0.3, 0.4) is 0 Å². The monoisotopic (exact) mass is 350 g/mol. The highest BCUT2D eigenvalue weighted by molar-refractivity contribution is 5.95. The topological polar surface area (TPSA) is 41.6 Å². The highest BCUT2D eigenvalue weighted by Gasteiger charge is 2.36. The third-order valence-electron chi connectivity index (χ3n) is 3.77. The van der Waals surface area contributed by atoms with Crippen LogP contribution >= 0.6 is 0 Å². The van der Waals surface area contributed by atoms with Crippen molar-refractivity contribution >= 4 is 11.6 Å². The van der Waals surface area contributed by atoms with Crippen LogP contribution in [-0.2, 0) is 6.18 Å². The van der Waals surface area contributed by atoms with Crippen molar-refractivity contribution in [3.63, 3.8) is 0 Å². The standard InChI is InChI=1S/C18H17F3N2O2/c1-17(2)11-23(22-16(24)12-6-4-3-5-7-12)14-10-13(18(19,20)21)8-9-15(14)25-17/h3-10H,11H2,1-2H3,(H,22,24). The molecule has 1 aliphatic rings. The van der Waals surface area contributed by atoms with E-state index in [9.17, 15) is 18.0 Å². The lowest BCUT2D eigenvalue weighted by Gasteiger charge is -2.40. The molecule has 2 aromatic rings. The van der Waals surface area contributed by atoms with Crippen molar-refractivity contribution in [2.24, 2.45) is 0 Å². The first-order valence-corrected chi connectivity index (χ1v) is 7.70. The Morgan fingerprint density at radius 2 is 1.84 bits per heavy atom. The van der Waals surface area contributed by atoms with Gasteiger partial charge < -0.3 is 4.74 Å². The summed E-state index contributed by atoms with van der Waals surface area (Å²) in [5.74, 6) is -0.112. The first-order chi connectivity index (χ1) is 11.7. The van der Waals surface area contributed by atoms with Gasteiger partial charge in [0.15, 0.2) is 0 Å². The molecule has 1 amide bonds. The molecule has 1 aliphatic heterocycles. The Morgan fingerprint density at radius 3 is 2.48 bits per heavy atom. The van der Waals surface area contributed by atoms with Gasteiger partial charge in [0.05, 0.1) is 12.1 Å². The maximum Gasteiger partial charge on any atom is 0.416 e. The van der Waals surface area contributed by atoms with E-state index in [1.54, 1.807) is 44.2 Å². The van der Waals surface area contributed by atoms with E-state index in [0.717, 1.165) is 12.1 Å². The minimum atomic E-state index is -4.48. The summed E-state index contributed by atoms with van der Waals surface area (Å²) in [5, 5.41) is 1.41. The van der Waals surface area contributed by atoms with E-state index in [0.29, 0.717) is 5.56 Å². The van der Waals surface area contributed by atoms with Crippen molar-refractivity contribution in [3.8, 4) is 5.75 Å². The van der Waals surface area contributed by atoms with E-state index in [1.807, 2.05) is 0 Å². The molecule has 132 valence electrons. The van der Waals surface area contributed by atoms with Gasteiger partial charge in [-0.05, 0) is 44.2 Å². The molecule has 25 heavy (non-hydrogen) atoms. The summed E-state index contributed by atoms with van der Waals surface area (Å²) in [7, 11) is 0. The predicted octanol–water partition coefficient (Wildman–Crippen LogP) is 4.03. The predicted molar refractivity (Wildman–Crippen MR) is 87.4 cm³/mol. The van der Waals surface area contributed by atoms with Crippen LogP contribution in [0.2, 0.25) is 0 Å². The van der Waals surface area contributed by atoms with Crippen LogP contribution in [0.4, 0.5) is 18.9 Å². The number of hydrazine groups is 1. The number of benzene rings is 2. The van der Waals surface area contributed by atoms with E-state index in [4.69, 9.17) is 4.74 Å². The maximum absolute atomic E-state index is 13.0. The van der Waals surface area contributed by atoms with Crippen molar-refractivity contribution in [1.29, 1.82) is 0 Å².